The van der Waals surface area contributed by atoms with Crippen LogP contribution in [0.1, 0.15) is 17.5 Å². The van der Waals surface area contributed by atoms with Crippen molar-refractivity contribution in [1.82, 2.24) is 9.97 Å². The standard InChI is InChI=1S/C24H18FN3O.Pt/c1-28(19-7-3-2-4-8-19)23-12-6-11-22(27-23)24(29)21-10-5-9-20(26-21)17-13-15-18(25)16-14-17;/h2-7,9-13,15-16,24,29H,1H3;/q-2;+2. The predicted molar refractivity (Wildman–Crippen MR) is 110 cm³/mol. The minimum atomic E-state index is -0.997. The van der Waals surface area contributed by atoms with Gasteiger partial charge in [0, 0.05) is 12.9 Å². The van der Waals surface area contributed by atoms with Gasteiger partial charge in [0.05, 0.1) is 11.4 Å². The van der Waals surface area contributed by atoms with E-state index in [9.17, 15) is 9.50 Å². The number of aromatic nitrogens is 2. The largest absolute Gasteiger partial charge is 2.00 e. The number of rotatable bonds is 5. The summed E-state index contributed by atoms with van der Waals surface area (Å²) in [5, 5.41) is 10.9. The number of hydrogen-bond acceptors (Lipinski definition) is 4. The summed E-state index contributed by atoms with van der Waals surface area (Å²) >= 11 is 0. The number of pyridine rings is 2. The molecular weight excluding hydrogens is 560 g/mol. The molecule has 0 saturated heterocycles. The van der Waals surface area contributed by atoms with Crippen molar-refractivity contribution in [2.45, 2.75) is 6.10 Å². The topological polar surface area (TPSA) is 49.2 Å². The molecular formula is C24H18FN3OPt. The number of nitrogens with zero attached hydrogens (tertiary/aromatic N) is 3. The predicted octanol–water partition coefficient (Wildman–Crippen LogP) is 4.73. The van der Waals surface area contributed by atoms with Crippen LogP contribution in [-0.2, 0) is 21.1 Å². The summed E-state index contributed by atoms with van der Waals surface area (Å²) in [6, 6.07) is 28.7. The van der Waals surface area contributed by atoms with Gasteiger partial charge >= 0.3 is 21.1 Å². The van der Waals surface area contributed by atoms with Gasteiger partial charge in [0.1, 0.15) is 11.9 Å². The maximum atomic E-state index is 13.2. The Kier molecular flexibility index (Phi) is 7.09. The third-order valence-corrected chi connectivity index (χ3v) is 4.54. The van der Waals surface area contributed by atoms with E-state index in [1.165, 1.54) is 12.1 Å². The maximum Gasteiger partial charge on any atom is 2.00 e. The third-order valence-electron chi connectivity index (χ3n) is 4.54. The van der Waals surface area contributed by atoms with Crippen molar-refractivity contribution in [2.24, 2.45) is 0 Å². The van der Waals surface area contributed by atoms with Crippen LogP contribution in [0.4, 0.5) is 15.9 Å². The number of aliphatic hydroxyl groups is 1. The fraction of sp³-hybridized carbons (Fsp3) is 0.0833. The van der Waals surface area contributed by atoms with Crippen LogP contribution in [-0.4, -0.2) is 22.1 Å². The molecule has 2 aromatic carbocycles. The van der Waals surface area contributed by atoms with E-state index in [4.69, 9.17) is 0 Å². The van der Waals surface area contributed by atoms with E-state index in [0.29, 0.717) is 28.5 Å². The van der Waals surface area contributed by atoms with Gasteiger partial charge in [-0.25, -0.2) is 4.98 Å². The van der Waals surface area contributed by atoms with E-state index in [0.717, 1.165) is 5.69 Å². The fourth-order valence-electron chi connectivity index (χ4n) is 2.97. The SMILES string of the molecule is CN(c1[c-]cccc1)c1cccc(C(O)c2cccc(-c3[c-]cc(F)cc3)n2)n1.[Pt+2]. The van der Waals surface area contributed by atoms with E-state index < -0.39 is 6.10 Å². The summed E-state index contributed by atoms with van der Waals surface area (Å²) in [7, 11) is 1.90. The van der Waals surface area contributed by atoms with Gasteiger partial charge in [-0.05, 0) is 23.9 Å². The van der Waals surface area contributed by atoms with E-state index in [-0.39, 0.29) is 26.9 Å². The van der Waals surface area contributed by atoms with Gasteiger partial charge < -0.3 is 10.0 Å². The van der Waals surface area contributed by atoms with Crippen LogP contribution in [0.2, 0.25) is 0 Å². The Hall–Kier alpha value is -2.88. The first-order valence-corrected chi connectivity index (χ1v) is 9.12. The number of para-hydroxylation sites is 1. The molecule has 1 unspecified atom stereocenters. The van der Waals surface area contributed by atoms with Crippen molar-refractivity contribution < 1.29 is 30.6 Å². The molecule has 4 nitrogen and oxygen atoms in total. The minimum absolute atomic E-state index is 0. The molecule has 2 heterocycles. The molecule has 4 aromatic rings. The molecule has 0 radical (unpaired) electrons. The molecule has 0 saturated carbocycles. The first-order valence-electron chi connectivity index (χ1n) is 9.12. The number of halogens is 1. The second-order valence-electron chi connectivity index (χ2n) is 6.50. The van der Waals surface area contributed by atoms with Gasteiger partial charge in [0.25, 0.3) is 0 Å². The average Bonchev–Trinajstić information content (AvgIpc) is 2.79. The molecule has 0 aliphatic heterocycles. The Morgan fingerprint density at radius 1 is 0.900 bits per heavy atom. The number of anilines is 2. The summed E-state index contributed by atoms with van der Waals surface area (Å²) in [5.41, 5.74) is 3.07. The fourth-order valence-corrected chi connectivity index (χ4v) is 2.97. The van der Waals surface area contributed by atoms with E-state index >= 15 is 0 Å². The molecule has 1 atom stereocenters. The molecule has 152 valence electrons. The van der Waals surface area contributed by atoms with Crippen molar-refractivity contribution in [3.05, 3.63) is 108 Å². The maximum absolute atomic E-state index is 13.2. The van der Waals surface area contributed by atoms with Crippen LogP contribution in [0.25, 0.3) is 11.3 Å². The second-order valence-corrected chi connectivity index (χ2v) is 6.50. The Labute approximate surface area is 189 Å². The number of hydrogen-bond donors (Lipinski definition) is 1. The van der Waals surface area contributed by atoms with E-state index in [2.05, 4.69) is 22.1 Å². The molecule has 0 aliphatic carbocycles. The summed E-state index contributed by atoms with van der Waals surface area (Å²) in [6.45, 7) is 0. The normalized spacial score (nSPS) is 11.4. The molecule has 0 amide bonds. The summed E-state index contributed by atoms with van der Waals surface area (Å²) < 4.78 is 13.2. The Morgan fingerprint density at radius 2 is 1.67 bits per heavy atom. The zero-order valence-electron chi connectivity index (χ0n) is 16.1. The molecule has 2 aromatic heterocycles. The molecule has 0 bridgehead atoms. The van der Waals surface area contributed by atoms with Gasteiger partial charge in [0.2, 0.25) is 0 Å². The molecule has 0 aliphatic rings. The molecule has 4 rings (SSSR count). The first kappa shape index (κ1) is 21.8. The Bertz CT molecular complexity index is 1110. The molecule has 30 heavy (non-hydrogen) atoms. The van der Waals surface area contributed by atoms with Gasteiger partial charge in [-0.15, -0.1) is 35.9 Å². The van der Waals surface area contributed by atoms with E-state index in [1.807, 2.05) is 48.3 Å². The molecule has 0 spiro atoms. The van der Waals surface area contributed by atoms with Crippen molar-refractivity contribution in [2.75, 3.05) is 11.9 Å². The van der Waals surface area contributed by atoms with Crippen molar-refractivity contribution in [3.8, 4) is 11.3 Å². The van der Waals surface area contributed by atoms with Crippen LogP contribution < -0.4 is 4.90 Å². The van der Waals surface area contributed by atoms with Crippen LogP contribution >= 0.6 is 0 Å². The summed E-state index contributed by atoms with van der Waals surface area (Å²) in [4.78, 5) is 11.0. The molecule has 6 heteroatoms. The zero-order chi connectivity index (χ0) is 20.2. The molecule has 1 N–H and O–H groups in total. The first-order chi connectivity index (χ1) is 14.1. The van der Waals surface area contributed by atoms with E-state index in [1.54, 1.807) is 30.3 Å². The third kappa shape index (κ3) is 4.81. The van der Waals surface area contributed by atoms with Crippen LogP contribution in [0.3, 0.4) is 0 Å². The monoisotopic (exact) mass is 578 g/mol. The van der Waals surface area contributed by atoms with Crippen molar-refractivity contribution in [3.63, 3.8) is 0 Å². The average molecular weight is 579 g/mol. The minimum Gasteiger partial charge on any atom is -0.380 e. The second kappa shape index (κ2) is 9.75. The van der Waals surface area contributed by atoms with Crippen molar-refractivity contribution >= 4 is 11.5 Å². The van der Waals surface area contributed by atoms with Gasteiger partial charge in [-0.2, -0.15) is 24.3 Å². The summed E-state index contributed by atoms with van der Waals surface area (Å²) in [5.74, 6) is 0.331. The van der Waals surface area contributed by atoms with Crippen molar-refractivity contribution in [1.29, 1.82) is 0 Å². The van der Waals surface area contributed by atoms with Crippen LogP contribution in [0.15, 0.2) is 78.9 Å². The Balaban J connectivity index is 0.00000256. The van der Waals surface area contributed by atoms with Gasteiger partial charge in [0.15, 0.2) is 0 Å². The van der Waals surface area contributed by atoms with Gasteiger partial charge in [-0.1, -0.05) is 23.9 Å². The van der Waals surface area contributed by atoms with Crippen LogP contribution in [0, 0.1) is 17.9 Å². The zero-order valence-corrected chi connectivity index (χ0v) is 18.3. The van der Waals surface area contributed by atoms with Crippen LogP contribution in [0.5, 0.6) is 0 Å². The number of benzene rings is 2. The van der Waals surface area contributed by atoms with Gasteiger partial charge in [-0.3, -0.25) is 9.37 Å². The molecule has 0 fully saturated rings. The quantitative estimate of drug-likeness (QED) is 0.348. The Morgan fingerprint density at radius 3 is 2.37 bits per heavy atom. The smallest absolute Gasteiger partial charge is 0.380 e. The number of aliphatic hydroxyl groups excluding tert-OH is 1. The summed E-state index contributed by atoms with van der Waals surface area (Å²) in [6.07, 6.45) is -0.997.